The average molecular weight is 380 g/mol. The summed E-state index contributed by atoms with van der Waals surface area (Å²) in [5, 5.41) is 2.50. The number of nitrogens with one attached hydrogen (secondary N) is 1. The molecule has 0 radical (unpaired) electrons. The summed E-state index contributed by atoms with van der Waals surface area (Å²) in [6.07, 6.45) is 1.01. The second-order valence-electron chi connectivity index (χ2n) is 6.70. The van der Waals surface area contributed by atoms with E-state index in [4.69, 9.17) is 4.74 Å². The molecule has 0 aromatic heterocycles. The fourth-order valence-electron chi connectivity index (χ4n) is 2.50. The Kier molecular flexibility index (Phi) is 9.41. The number of thioether (sulfide) groups is 1. The third-order valence-electron chi connectivity index (χ3n) is 3.82. The first kappa shape index (κ1) is 22.2. The van der Waals surface area contributed by atoms with Crippen LogP contribution in [0.5, 0.6) is 0 Å². The van der Waals surface area contributed by atoms with Crippen molar-refractivity contribution in [1.82, 2.24) is 5.32 Å². The van der Waals surface area contributed by atoms with Crippen molar-refractivity contribution in [1.29, 1.82) is 0 Å². The topological polar surface area (TPSA) is 72.5 Å². The molecule has 0 aliphatic heterocycles. The molecular weight excluding hydrogens is 350 g/mol. The molecule has 0 saturated heterocycles. The third kappa shape index (κ3) is 7.60. The van der Waals surface area contributed by atoms with Crippen LogP contribution >= 0.6 is 11.8 Å². The summed E-state index contributed by atoms with van der Waals surface area (Å²) in [6, 6.07) is 7.27. The molecule has 0 saturated carbocycles. The Bertz CT molecular complexity index is 613. The molecule has 0 aliphatic rings. The van der Waals surface area contributed by atoms with Crippen molar-refractivity contribution in [2.24, 2.45) is 5.92 Å². The average Bonchev–Trinajstić information content (AvgIpc) is 2.57. The molecule has 26 heavy (non-hydrogen) atoms. The van der Waals surface area contributed by atoms with Gasteiger partial charge in [-0.15, -0.1) is 0 Å². The van der Waals surface area contributed by atoms with Gasteiger partial charge in [-0.2, -0.15) is 0 Å². The molecular formula is C20H29NO4S. The van der Waals surface area contributed by atoms with E-state index in [0.717, 1.165) is 23.7 Å². The first-order valence-corrected chi connectivity index (χ1v) is 9.92. The Morgan fingerprint density at radius 2 is 1.73 bits per heavy atom. The quantitative estimate of drug-likeness (QED) is 0.667. The minimum absolute atomic E-state index is 0.0405. The minimum Gasteiger partial charge on any atom is -0.464 e. The molecule has 0 spiro atoms. The minimum atomic E-state index is -0.818. The van der Waals surface area contributed by atoms with Gasteiger partial charge in [0.1, 0.15) is 6.04 Å². The van der Waals surface area contributed by atoms with Gasteiger partial charge in [-0.1, -0.05) is 56.8 Å². The molecule has 0 aliphatic carbocycles. The molecule has 0 heterocycles. The largest absolute Gasteiger partial charge is 0.464 e. The standard InChI is InChI=1S/C20H29NO4S/c1-6-25-19(23)18(21-15(5)22)12-26-20(24)14(4)17-9-7-16(8-10-17)11-13(2)3/h7-10,13-14,18H,6,11-12H2,1-5H3,(H,21,22)/t14-,18-/m1/s1. The monoisotopic (exact) mass is 379 g/mol. The maximum Gasteiger partial charge on any atom is 0.329 e. The van der Waals surface area contributed by atoms with E-state index >= 15 is 0 Å². The van der Waals surface area contributed by atoms with E-state index in [9.17, 15) is 14.4 Å². The van der Waals surface area contributed by atoms with Gasteiger partial charge in [-0.3, -0.25) is 9.59 Å². The Morgan fingerprint density at radius 1 is 1.12 bits per heavy atom. The summed E-state index contributed by atoms with van der Waals surface area (Å²) in [5.41, 5.74) is 2.20. The van der Waals surface area contributed by atoms with Crippen LogP contribution in [0.1, 0.15) is 51.7 Å². The summed E-state index contributed by atoms with van der Waals surface area (Å²) < 4.78 is 4.95. The van der Waals surface area contributed by atoms with Gasteiger partial charge in [0.25, 0.3) is 0 Å². The fraction of sp³-hybridized carbons (Fsp3) is 0.550. The summed E-state index contributed by atoms with van der Waals surface area (Å²) >= 11 is 1.04. The van der Waals surface area contributed by atoms with Crippen LogP contribution in [-0.2, 0) is 25.5 Å². The van der Waals surface area contributed by atoms with E-state index in [1.54, 1.807) is 6.92 Å². The summed E-state index contributed by atoms with van der Waals surface area (Å²) in [4.78, 5) is 35.6. The highest BCUT2D eigenvalue weighted by Gasteiger charge is 2.24. The van der Waals surface area contributed by atoms with Crippen LogP contribution in [0, 0.1) is 5.92 Å². The van der Waals surface area contributed by atoms with Crippen LogP contribution in [-0.4, -0.2) is 35.4 Å². The lowest BCUT2D eigenvalue weighted by atomic mass is 9.97. The van der Waals surface area contributed by atoms with Crippen molar-refractivity contribution < 1.29 is 19.1 Å². The van der Waals surface area contributed by atoms with E-state index < -0.39 is 12.0 Å². The summed E-state index contributed by atoms with van der Waals surface area (Å²) in [5.74, 6) is -0.386. The highest BCUT2D eigenvalue weighted by molar-refractivity contribution is 8.13. The second kappa shape index (κ2) is 11.0. The van der Waals surface area contributed by atoms with E-state index in [1.165, 1.54) is 12.5 Å². The fourth-order valence-corrected chi connectivity index (χ4v) is 3.43. The number of benzene rings is 1. The van der Waals surface area contributed by atoms with Gasteiger partial charge in [0.05, 0.1) is 12.5 Å². The first-order chi connectivity index (χ1) is 12.2. The highest BCUT2D eigenvalue weighted by atomic mass is 32.2. The Hall–Kier alpha value is -1.82. The number of esters is 1. The molecule has 1 rings (SSSR count). The smallest absolute Gasteiger partial charge is 0.329 e. The number of ether oxygens (including phenoxy) is 1. The van der Waals surface area contributed by atoms with Crippen molar-refractivity contribution in [2.45, 2.75) is 53.0 Å². The maximum atomic E-state index is 12.5. The number of carbonyl (C=O) groups excluding carboxylic acids is 3. The molecule has 1 amide bonds. The van der Waals surface area contributed by atoms with Crippen LogP contribution in [0.25, 0.3) is 0 Å². The number of hydrogen-bond acceptors (Lipinski definition) is 5. The SMILES string of the molecule is CCOC(=O)[C@@H](CSC(=O)[C@H](C)c1ccc(CC(C)C)cc1)NC(C)=O. The van der Waals surface area contributed by atoms with Crippen LogP contribution in [0.3, 0.4) is 0 Å². The van der Waals surface area contributed by atoms with Crippen molar-refractivity contribution >= 4 is 28.8 Å². The van der Waals surface area contributed by atoms with Crippen molar-refractivity contribution in [3.63, 3.8) is 0 Å². The third-order valence-corrected chi connectivity index (χ3v) is 4.96. The molecule has 144 valence electrons. The summed E-state index contributed by atoms with van der Waals surface area (Å²) in [6.45, 7) is 9.46. The number of hydrogen-bond donors (Lipinski definition) is 1. The van der Waals surface area contributed by atoms with Gasteiger partial charge in [0, 0.05) is 12.7 Å². The Balaban J connectivity index is 2.66. The van der Waals surface area contributed by atoms with Gasteiger partial charge in [0.2, 0.25) is 5.91 Å². The van der Waals surface area contributed by atoms with Crippen molar-refractivity contribution in [2.75, 3.05) is 12.4 Å². The normalized spacial score (nSPS) is 13.2. The predicted molar refractivity (Wildman–Crippen MR) is 105 cm³/mol. The van der Waals surface area contributed by atoms with Crippen LogP contribution in [0.15, 0.2) is 24.3 Å². The maximum absolute atomic E-state index is 12.5. The van der Waals surface area contributed by atoms with E-state index in [2.05, 4.69) is 31.3 Å². The first-order valence-electron chi connectivity index (χ1n) is 8.93. The van der Waals surface area contributed by atoms with Crippen LogP contribution < -0.4 is 5.32 Å². The molecule has 1 aromatic rings. The van der Waals surface area contributed by atoms with Crippen LogP contribution in [0.4, 0.5) is 0 Å². The Morgan fingerprint density at radius 3 is 2.23 bits per heavy atom. The van der Waals surface area contributed by atoms with Crippen LogP contribution in [0.2, 0.25) is 0 Å². The molecule has 6 heteroatoms. The highest BCUT2D eigenvalue weighted by Crippen LogP contribution is 2.24. The van der Waals surface area contributed by atoms with Crippen molar-refractivity contribution in [3.05, 3.63) is 35.4 Å². The molecule has 0 unspecified atom stereocenters. The van der Waals surface area contributed by atoms with E-state index in [1.807, 2.05) is 19.1 Å². The predicted octanol–water partition coefficient (Wildman–Crippen LogP) is 3.32. The van der Waals surface area contributed by atoms with E-state index in [-0.39, 0.29) is 29.3 Å². The lowest BCUT2D eigenvalue weighted by Gasteiger charge is -2.17. The van der Waals surface area contributed by atoms with Gasteiger partial charge >= 0.3 is 5.97 Å². The zero-order valence-corrected chi connectivity index (χ0v) is 17.0. The molecule has 1 aromatic carbocycles. The molecule has 2 atom stereocenters. The van der Waals surface area contributed by atoms with Gasteiger partial charge in [-0.05, 0) is 30.4 Å². The molecule has 5 nitrogen and oxygen atoms in total. The number of carbonyl (C=O) groups is 3. The lowest BCUT2D eigenvalue weighted by molar-refractivity contribution is -0.146. The molecule has 0 bridgehead atoms. The van der Waals surface area contributed by atoms with Gasteiger partial charge < -0.3 is 10.1 Å². The molecule has 0 fully saturated rings. The Labute approximate surface area is 160 Å². The summed E-state index contributed by atoms with van der Waals surface area (Å²) in [7, 11) is 0. The number of rotatable bonds is 9. The van der Waals surface area contributed by atoms with Gasteiger partial charge in [-0.25, -0.2) is 4.79 Å². The second-order valence-corrected chi connectivity index (χ2v) is 7.72. The zero-order chi connectivity index (χ0) is 19.7. The van der Waals surface area contributed by atoms with Crippen molar-refractivity contribution in [3.8, 4) is 0 Å². The molecule has 1 N–H and O–H groups in total. The number of amides is 1. The van der Waals surface area contributed by atoms with E-state index in [0.29, 0.717) is 5.92 Å². The van der Waals surface area contributed by atoms with Gasteiger partial charge in [0.15, 0.2) is 5.12 Å². The zero-order valence-electron chi connectivity index (χ0n) is 16.2. The lowest BCUT2D eigenvalue weighted by Crippen LogP contribution is -2.43.